The molecule has 22 heavy (non-hydrogen) atoms. The van der Waals surface area contributed by atoms with E-state index < -0.39 is 17.9 Å². The van der Waals surface area contributed by atoms with Crippen molar-refractivity contribution in [3.8, 4) is 0 Å². The number of aliphatic carboxylic acids is 1. The van der Waals surface area contributed by atoms with Crippen molar-refractivity contribution in [1.29, 1.82) is 0 Å². The van der Waals surface area contributed by atoms with Gasteiger partial charge < -0.3 is 14.9 Å². The molecular weight excluding hydrogens is 284 g/mol. The van der Waals surface area contributed by atoms with E-state index in [1.807, 2.05) is 44.2 Å². The minimum absolute atomic E-state index is 0.0861. The summed E-state index contributed by atoms with van der Waals surface area (Å²) in [5.41, 5.74) is 0.918. The van der Waals surface area contributed by atoms with E-state index >= 15 is 0 Å². The van der Waals surface area contributed by atoms with E-state index in [-0.39, 0.29) is 18.0 Å². The summed E-state index contributed by atoms with van der Waals surface area (Å²) in [6.07, 6.45) is 0.205. The lowest BCUT2D eigenvalue weighted by Gasteiger charge is -2.13. The molecule has 0 bridgehead atoms. The van der Waals surface area contributed by atoms with Gasteiger partial charge in [-0.05, 0) is 5.56 Å². The molecule has 116 valence electrons. The molecule has 0 fully saturated rings. The molecule has 2 N–H and O–H groups in total. The number of carbonyl (C=O) groups excluding carboxylic acids is 1. The Labute approximate surface area is 128 Å². The van der Waals surface area contributed by atoms with Crippen LogP contribution in [0.5, 0.6) is 0 Å². The van der Waals surface area contributed by atoms with Gasteiger partial charge >= 0.3 is 5.97 Å². The summed E-state index contributed by atoms with van der Waals surface area (Å²) < 4.78 is 5.05. The fourth-order valence-corrected chi connectivity index (χ4v) is 1.95. The third-order valence-corrected chi connectivity index (χ3v) is 3.22. The van der Waals surface area contributed by atoms with Crippen LogP contribution in [0.25, 0.3) is 0 Å². The van der Waals surface area contributed by atoms with Crippen LogP contribution in [-0.2, 0) is 11.2 Å². The first-order chi connectivity index (χ1) is 10.5. The van der Waals surface area contributed by atoms with E-state index in [9.17, 15) is 14.7 Å². The number of carboxylic acid groups (broad SMARTS) is 1. The summed E-state index contributed by atoms with van der Waals surface area (Å²) in [7, 11) is 0. The van der Waals surface area contributed by atoms with Crippen molar-refractivity contribution in [2.75, 3.05) is 0 Å². The normalized spacial score (nSPS) is 12.1. The minimum Gasteiger partial charge on any atom is -0.480 e. The SMILES string of the molecule is CC(C)c1cc(C(=O)N[C@H](Cc2ccccc2)C(=O)O)no1. The molecule has 0 saturated carbocycles. The molecule has 0 aliphatic heterocycles. The predicted molar refractivity (Wildman–Crippen MR) is 79.6 cm³/mol. The van der Waals surface area contributed by atoms with Gasteiger partial charge in [-0.1, -0.05) is 49.3 Å². The molecule has 1 atom stereocenters. The standard InChI is InChI=1S/C16H18N2O4/c1-10(2)14-9-12(18-22-14)15(19)17-13(16(20)21)8-11-6-4-3-5-7-11/h3-7,9-10,13H,8H2,1-2H3,(H,17,19)(H,20,21)/t13-/m1/s1. The Morgan fingerprint density at radius 1 is 1.27 bits per heavy atom. The lowest BCUT2D eigenvalue weighted by Crippen LogP contribution is -2.42. The zero-order chi connectivity index (χ0) is 16.1. The molecule has 0 radical (unpaired) electrons. The lowest BCUT2D eigenvalue weighted by molar-refractivity contribution is -0.139. The predicted octanol–water partition coefficient (Wildman–Crippen LogP) is 2.22. The highest BCUT2D eigenvalue weighted by atomic mass is 16.5. The number of carboxylic acids is 1. The molecule has 6 nitrogen and oxygen atoms in total. The summed E-state index contributed by atoms with van der Waals surface area (Å²) in [4.78, 5) is 23.4. The van der Waals surface area contributed by atoms with Crippen LogP contribution in [0.15, 0.2) is 40.9 Å². The van der Waals surface area contributed by atoms with Crippen LogP contribution in [0.2, 0.25) is 0 Å². The molecule has 0 aliphatic rings. The molecule has 0 aliphatic carbocycles. The summed E-state index contributed by atoms with van der Waals surface area (Å²) in [5.74, 6) is -0.961. The van der Waals surface area contributed by atoms with Crippen molar-refractivity contribution in [3.05, 3.63) is 53.4 Å². The molecule has 6 heteroatoms. The van der Waals surface area contributed by atoms with Gasteiger partial charge in [0.25, 0.3) is 5.91 Å². The Bertz CT molecular complexity index is 649. The van der Waals surface area contributed by atoms with Gasteiger partial charge in [0.05, 0.1) is 0 Å². The quantitative estimate of drug-likeness (QED) is 0.853. The number of rotatable bonds is 6. The number of nitrogens with one attached hydrogen (secondary N) is 1. The van der Waals surface area contributed by atoms with Crippen molar-refractivity contribution in [2.45, 2.75) is 32.2 Å². The van der Waals surface area contributed by atoms with E-state index in [0.717, 1.165) is 5.56 Å². The molecule has 1 aromatic heterocycles. The van der Waals surface area contributed by atoms with Gasteiger partial charge in [0, 0.05) is 18.4 Å². The van der Waals surface area contributed by atoms with Crippen molar-refractivity contribution in [3.63, 3.8) is 0 Å². The Hall–Kier alpha value is -2.63. The zero-order valence-electron chi connectivity index (χ0n) is 12.4. The van der Waals surface area contributed by atoms with E-state index in [2.05, 4.69) is 10.5 Å². The number of carbonyl (C=O) groups is 2. The Morgan fingerprint density at radius 2 is 1.95 bits per heavy atom. The second-order valence-corrected chi connectivity index (χ2v) is 5.32. The second kappa shape index (κ2) is 6.89. The van der Waals surface area contributed by atoms with Gasteiger partial charge in [-0.3, -0.25) is 4.79 Å². The van der Waals surface area contributed by atoms with Crippen LogP contribution in [0, 0.1) is 0 Å². The topological polar surface area (TPSA) is 92.4 Å². The summed E-state index contributed by atoms with van der Waals surface area (Å²) in [6, 6.07) is 9.63. The number of benzene rings is 1. The first-order valence-corrected chi connectivity index (χ1v) is 7.01. The van der Waals surface area contributed by atoms with Gasteiger partial charge in [-0.25, -0.2) is 4.79 Å². The number of nitrogens with zero attached hydrogens (tertiary/aromatic N) is 1. The van der Waals surface area contributed by atoms with Gasteiger partial charge in [0.2, 0.25) is 0 Å². The third kappa shape index (κ3) is 3.94. The second-order valence-electron chi connectivity index (χ2n) is 5.32. The largest absolute Gasteiger partial charge is 0.480 e. The van der Waals surface area contributed by atoms with E-state index in [1.54, 1.807) is 0 Å². The summed E-state index contributed by atoms with van der Waals surface area (Å²) in [6.45, 7) is 3.83. The Kier molecular flexibility index (Phi) is 4.93. The zero-order valence-corrected chi connectivity index (χ0v) is 12.4. The van der Waals surface area contributed by atoms with Crippen LogP contribution in [-0.4, -0.2) is 28.2 Å². The van der Waals surface area contributed by atoms with Gasteiger partial charge in [-0.15, -0.1) is 0 Å². The molecule has 1 heterocycles. The first-order valence-electron chi connectivity index (χ1n) is 7.01. The first kappa shape index (κ1) is 15.8. The van der Waals surface area contributed by atoms with Crippen molar-refractivity contribution in [1.82, 2.24) is 10.5 Å². The van der Waals surface area contributed by atoms with E-state index in [0.29, 0.717) is 5.76 Å². The number of aromatic nitrogens is 1. The van der Waals surface area contributed by atoms with Crippen LogP contribution >= 0.6 is 0 Å². The van der Waals surface area contributed by atoms with Crippen LogP contribution in [0.1, 0.15) is 41.6 Å². The summed E-state index contributed by atoms with van der Waals surface area (Å²) in [5, 5.41) is 15.4. The molecule has 1 amide bonds. The lowest BCUT2D eigenvalue weighted by atomic mass is 10.1. The van der Waals surface area contributed by atoms with Gasteiger partial charge in [0.15, 0.2) is 5.69 Å². The maximum Gasteiger partial charge on any atom is 0.326 e. The summed E-state index contributed by atoms with van der Waals surface area (Å²) >= 11 is 0. The van der Waals surface area contributed by atoms with Gasteiger partial charge in [-0.2, -0.15) is 0 Å². The Balaban J connectivity index is 2.07. The molecule has 0 spiro atoms. The van der Waals surface area contributed by atoms with E-state index in [4.69, 9.17) is 4.52 Å². The number of hydrogen-bond donors (Lipinski definition) is 2. The highest BCUT2D eigenvalue weighted by Crippen LogP contribution is 2.15. The fraction of sp³-hybridized carbons (Fsp3) is 0.312. The molecular formula is C16H18N2O4. The van der Waals surface area contributed by atoms with E-state index in [1.165, 1.54) is 6.07 Å². The fourth-order valence-electron chi connectivity index (χ4n) is 1.95. The molecule has 2 aromatic rings. The van der Waals surface area contributed by atoms with Crippen molar-refractivity contribution < 1.29 is 19.2 Å². The molecule has 2 rings (SSSR count). The van der Waals surface area contributed by atoms with Crippen LogP contribution < -0.4 is 5.32 Å². The average molecular weight is 302 g/mol. The average Bonchev–Trinajstić information content (AvgIpc) is 2.97. The van der Waals surface area contributed by atoms with Crippen molar-refractivity contribution >= 4 is 11.9 Å². The Morgan fingerprint density at radius 3 is 2.50 bits per heavy atom. The molecule has 1 aromatic carbocycles. The number of hydrogen-bond acceptors (Lipinski definition) is 4. The van der Waals surface area contributed by atoms with Crippen LogP contribution in [0.3, 0.4) is 0 Å². The maximum absolute atomic E-state index is 12.1. The highest BCUT2D eigenvalue weighted by Gasteiger charge is 2.23. The maximum atomic E-state index is 12.1. The molecule has 0 saturated heterocycles. The number of amides is 1. The minimum atomic E-state index is -1.09. The molecule has 0 unspecified atom stereocenters. The van der Waals surface area contributed by atoms with Crippen LogP contribution in [0.4, 0.5) is 0 Å². The smallest absolute Gasteiger partial charge is 0.326 e. The monoisotopic (exact) mass is 302 g/mol. The third-order valence-electron chi connectivity index (χ3n) is 3.22. The van der Waals surface area contributed by atoms with Gasteiger partial charge in [0.1, 0.15) is 11.8 Å². The van der Waals surface area contributed by atoms with Crippen molar-refractivity contribution in [2.24, 2.45) is 0 Å². The highest BCUT2D eigenvalue weighted by molar-refractivity contribution is 5.95.